The van der Waals surface area contributed by atoms with E-state index in [0.717, 1.165) is 6.42 Å². The monoisotopic (exact) mass is 185 g/mol. The summed E-state index contributed by atoms with van der Waals surface area (Å²) in [5, 5.41) is 1.76. The van der Waals surface area contributed by atoms with Crippen LogP contribution in [0, 0.1) is 0 Å². The van der Waals surface area contributed by atoms with E-state index in [1.165, 1.54) is 7.11 Å². The van der Waals surface area contributed by atoms with E-state index in [9.17, 15) is 4.79 Å². The van der Waals surface area contributed by atoms with Crippen molar-refractivity contribution in [3.8, 4) is 0 Å². The Morgan fingerprint density at radius 2 is 2.46 bits per heavy atom. The SMILES string of the molecule is CCC(C)N1NNC=C1C(=O)OC. The van der Waals surface area contributed by atoms with Crippen molar-refractivity contribution in [3.05, 3.63) is 11.9 Å². The molecular formula is C8H15N3O2. The van der Waals surface area contributed by atoms with E-state index >= 15 is 0 Å². The second-order valence-corrected chi connectivity index (χ2v) is 2.90. The zero-order chi connectivity index (χ0) is 9.84. The van der Waals surface area contributed by atoms with Crippen LogP contribution in [0.5, 0.6) is 0 Å². The van der Waals surface area contributed by atoms with Crippen LogP contribution in [-0.2, 0) is 9.53 Å². The van der Waals surface area contributed by atoms with Crippen LogP contribution in [0.15, 0.2) is 11.9 Å². The van der Waals surface area contributed by atoms with Crippen molar-refractivity contribution in [1.82, 2.24) is 16.0 Å². The molecule has 5 nitrogen and oxygen atoms in total. The van der Waals surface area contributed by atoms with Crippen molar-refractivity contribution in [2.75, 3.05) is 7.11 Å². The lowest BCUT2D eigenvalue weighted by Gasteiger charge is -2.25. The summed E-state index contributed by atoms with van der Waals surface area (Å²) in [7, 11) is 1.37. The van der Waals surface area contributed by atoms with Gasteiger partial charge < -0.3 is 10.2 Å². The van der Waals surface area contributed by atoms with Gasteiger partial charge in [0.2, 0.25) is 0 Å². The summed E-state index contributed by atoms with van der Waals surface area (Å²) in [6, 6.07) is 0.250. The van der Waals surface area contributed by atoms with Gasteiger partial charge in [0.15, 0.2) is 5.70 Å². The average Bonchev–Trinajstić information content (AvgIpc) is 2.63. The van der Waals surface area contributed by atoms with Crippen LogP contribution in [0.2, 0.25) is 0 Å². The number of esters is 1. The third kappa shape index (κ3) is 1.92. The average molecular weight is 185 g/mol. The van der Waals surface area contributed by atoms with Gasteiger partial charge in [0.1, 0.15) is 0 Å². The first-order valence-electron chi connectivity index (χ1n) is 4.29. The van der Waals surface area contributed by atoms with Crippen LogP contribution >= 0.6 is 0 Å². The van der Waals surface area contributed by atoms with E-state index in [-0.39, 0.29) is 12.0 Å². The molecule has 1 rings (SSSR count). The second kappa shape index (κ2) is 4.13. The van der Waals surface area contributed by atoms with Crippen LogP contribution in [0.25, 0.3) is 0 Å². The number of rotatable bonds is 3. The number of hydrogen-bond acceptors (Lipinski definition) is 5. The summed E-state index contributed by atoms with van der Waals surface area (Å²) in [6.45, 7) is 4.08. The number of carbonyl (C=O) groups is 1. The number of hydrazine groups is 2. The van der Waals surface area contributed by atoms with Gasteiger partial charge >= 0.3 is 5.97 Å². The summed E-state index contributed by atoms with van der Waals surface area (Å²) in [6.07, 6.45) is 2.54. The predicted molar refractivity (Wildman–Crippen MR) is 48.0 cm³/mol. The fourth-order valence-corrected chi connectivity index (χ4v) is 1.09. The highest BCUT2D eigenvalue weighted by molar-refractivity contribution is 5.87. The van der Waals surface area contributed by atoms with E-state index in [2.05, 4.69) is 22.6 Å². The molecular weight excluding hydrogens is 170 g/mol. The molecule has 2 N–H and O–H groups in total. The summed E-state index contributed by atoms with van der Waals surface area (Å²) in [4.78, 5) is 11.2. The Bertz CT molecular complexity index is 227. The Balaban J connectivity index is 2.67. The summed E-state index contributed by atoms with van der Waals surface area (Å²) in [5.41, 5.74) is 6.14. The van der Waals surface area contributed by atoms with E-state index in [1.807, 2.05) is 6.92 Å². The fraction of sp³-hybridized carbons (Fsp3) is 0.625. The highest BCUT2D eigenvalue weighted by atomic mass is 16.5. The van der Waals surface area contributed by atoms with Crippen LogP contribution in [-0.4, -0.2) is 24.1 Å². The highest BCUT2D eigenvalue weighted by Crippen LogP contribution is 2.12. The smallest absolute Gasteiger partial charge is 0.357 e. The van der Waals surface area contributed by atoms with Crippen LogP contribution in [0.1, 0.15) is 20.3 Å². The molecule has 0 saturated heterocycles. The molecule has 1 atom stereocenters. The predicted octanol–water partition coefficient (Wildman–Crippen LogP) is 0.124. The molecule has 0 bridgehead atoms. The van der Waals surface area contributed by atoms with Crippen molar-refractivity contribution in [3.63, 3.8) is 0 Å². The Hall–Kier alpha value is -1.23. The van der Waals surface area contributed by atoms with Crippen molar-refractivity contribution < 1.29 is 9.53 Å². The minimum atomic E-state index is -0.335. The molecule has 0 radical (unpaired) electrons. The largest absolute Gasteiger partial charge is 0.464 e. The highest BCUT2D eigenvalue weighted by Gasteiger charge is 2.25. The molecule has 0 fully saturated rings. The molecule has 1 aliphatic heterocycles. The lowest BCUT2D eigenvalue weighted by molar-refractivity contribution is -0.138. The first kappa shape index (κ1) is 9.85. The topological polar surface area (TPSA) is 53.6 Å². The quantitative estimate of drug-likeness (QED) is 0.612. The Labute approximate surface area is 77.7 Å². The zero-order valence-electron chi connectivity index (χ0n) is 8.13. The molecule has 13 heavy (non-hydrogen) atoms. The van der Waals surface area contributed by atoms with E-state index in [1.54, 1.807) is 11.2 Å². The number of hydrogen-bond donors (Lipinski definition) is 2. The second-order valence-electron chi connectivity index (χ2n) is 2.90. The number of methoxy groups -OCH3 is 1. The maximum Gasteiger partial charge on any atom is 0.357 e. The van der Waals surface area contributed by atoms with E-state index in [0.29, 0.717) is 5.70 Å². The molecule has 0 aliphatic carbocycles. The molecule has 0 aromatic carbocycles. The third-order valence-corrected chi connectivity index (χ3v) is 2.08. The van der Waals surface area contributed by atoms with E-state index < -0.39 is 0 Å². The number of nitrogens with zero attached hydrogens (tertiary/aromatic N) is 1. The van der Waals surface area contributed by atoms with Gasteiger partial charge in [-0.3, -0.25) is 5.01 Å². The van der Waals surface area contributed by atoms with Gasteiger partial charge in [-0.1, -0.05) is 6.92 Å². The molecule has 0 aromatic rings. The molecule has 74 valence electrons. The van der Waals surface area contributed by atoms with Crippen LogP contribution in [0.4, 0.5) is 0 Å². The first-order valence-corrected chi connectivity index (χ1v) is 4.29. The zero-order valence-corrected chi connectivity index (χ0v) is 8.13. The van der Waals surface area contributed by atoms with Gasteiger partial charge in [-0.25, -0.2) is 4.79 Å². The van der Waals surface area contributed by atoms with Gasteiger partial charge in [-0.05, 0) is 13.3 Å². The molecule has 5 heteroatoms. The summed E-state index contributed by atoms with van der Waals surface area (Å²) in [5.74, 6) is -0.335. The molecule has 1 unspecified atom stereocenters. The van der Waals surface area contributed by atoms with Gasteiger partial charge in [-0.15, -0.1) is 5.53 Å². The lowest BCUT2D eigenvalue weighted by atomic mass is 10.2. The van der Waals surface area contributed by atoms with Crippen molar-refractivity contribution in [2.24, 2.45) is 0 Å². The van der Waals surface area contributed by atoms with Crippen molar-refractivity contribution in [2.45, 2.75) is 26.3 Å². The van der Waals surface area contributed by atoms with Gasteiger partial charge in [0, 0.05) is 12.2 Å². The molecule has 0 aromatic heterocycles. The normalized spacial score (nSPS) is 17.8. The molecule has 0 saturated carbocycles. The molecule has 0 spiro atoms. The summed E-state index contributed by atoms with van der Waals surface area (Å²) >= 11 is 0. The Morgan fingerprint density at radius 3 is 3.00 bits per heavy atom. The Morgan fingerprint density at radius 1 is 1.77 bits per heavy atom. The van der Waals surface area contributed by atoms with Gasteiger partial charge in [0.25, 0.3) is 0 Å². The molecule has 1 aliphatic rings. The third-order valence-electron chi connectivity index (χ3n) is 2.08. The van der Waals surface area contributed by atoms with E-state index in [4.69, 9.17) is 0 Å². The fourth-order valence-electron chi connectivity index (χ4n) is 1.09. The standard InChI is InChI=1S/C8H15N3O2/c1-4-6(2)11-7(5-9-10-11)8(12)13-3/h5-6,9-10H,4H2,1-3H3. The molecule has 1 heterocycles. The minimum Gasteiger partial charge on any atom is -0.464 e. The number of carbonyl (C=O) groups excluding carboxylic acids is 1. The maximum absolute atomic E-state index is 11.2. The first-order chi connectivity index (χ1) is 6.20. The Kier molecular flexibility index (Phi) is 3.13. The number of ether oxygens (including phenoxy) is 1. The van der Waals surface area contributed by atoms with Crippen molar-refractivity contribution >= 4 is 5.97 Å². The van der Waals surface area contributed by atoms with Crippen LogP contribution in [0.3, 0.4) is 0 Å². The van der Waals surface area contributed by atoms with Gasteiger partial charge in [-0.2, -0.15) is 0 Å². The van der Waals surface area contributed by atoms with Crippen LogP contribution < -0.4 is 11.0 Å². The van der Waals surface area contributed by atoms with Crippen molar-refractivity contribution in [1.29, 1.82) is 0 Å². The molecule has 0 amide bonds. The maximum atomic E-state index is 11.2. The van der Waals surface area contributed by atoms with Gasteiger partial charge in [0.05, 0.1) is 7.11 Å². The number of nitrogens with one attached hydrogen (secondary N) is 2. The lowest BCUT2D eigenvalue weighted by Crippen LogP contribution is -2.44. The minimum absolute atomic E-state index is 0.250. The summed E-state index contributed by atoms with van der Waals surface area (Å²) < 4.78 is 4.63.